The lowest BCUT2D eigenvalue weighted by molar-refractivity contribution is -0.145. The number of aryl methyl sites for hydroxylation is 1. The first kappa shape index (κ1) is 13.6. The van der Waals surface area contributed by atoms with Crippen molar-refractivity contribution in [1.29, 1.82) is 0 Å². The highest BCUT2D eigenvalue weighted by Crippen LogP contribution is 2.34. The summed E-state index contributed by atoms with van der Waals surface area (Å²) in [4.78, 5) is 25.2. The number of anilines is 1. The molecule has 0 aliphatic heterocycles. The minimum absolute atomic E-state index is 0.0875. The van der Waals surface area contributed by atoms with E-state index in [9.17, 15) is 9.59 Å². The van der Waals surface area contributed by atoms with Crippen molar-refractivity contribution in [3.05, 3.63) is 29.8 Å². The molecule has 1 fully saturated rings. The van der Waals surface area contributed by atoms with E-state index < -0.39 is 11.9 Å². The van der Waals surface area contributed by atoms with Crippen molar-refractivity contribution < 1.29 is 14.7 Å². The summed E-state index contributed by atoms with van der Waals surface area (Å²) in [5.74, 6) is -1.85. The summed E-state index contributed by atoms with van der Waals surface area (Å²) >= 11 is 0. The average molecular weight is 261 g/mol. The van der Waals surface area contributed by atoms with Crippen LogP contribution in [0.1, 0.15) is 24.8 Å². The third kappa shape index (κ3) is 2.78. The van der Waals surface area contributed by atoms with Crippen LogP contribution in [-0.4, -0.2) is 24.0 Å². The average Bonchev–Trinajstić information content (AvgIpc) is 2.86. The van der Waals surface area contributed by atoms with Gasteiger partial charge in [-0.1, -0.05) is 18.6 Å². The minimum Gasteiger partial charge on any atom is -0.481 e. The summed E-state index contributed by atoms with van der Waals surface area (Å²) in [5.41, 5.74) is 1.90. The zero-order valence-corrected chi connectivity index (χ0v) is 11.3. The van der Waals surface area contributed by atoms with Gasteiger partial charge in [0.15, 0.2) is 0 Å². The van der Waals surface area contributed by atoms with Crippen LogP contribution in [-0.2, 0) is 9.59 Å². The van der Waals surface area contributed by atoms with Crippen LogP contribution < -0.4 is 4.90 Å². The lowest BCUT2D eigenvalue weighted by Crippen LogP contribution is -2.36. The Balaban J connectivity index is 2.17. The number of carboxylic acid groups (broad SMARTS) is 1. The number of hydrogen-bond acceptors (Lipinski definition) is 2. The molecule has 0 unspecified atom stereocenters. The molecule has 1 aromatic rings. The summed E-state index contributed by atoms with van der Waals surface area (Å²) in [6, 6.07) is 7.67. The van der Waals surface area contributed by atoms with Crippen LogP contribution in [0, 0.1) is 18.8 Å². The molecule has 0 spiro atoms. The molecule has 1 aromatic carbocycles. The molecule has 4 heteroatoms. The van der Waals surface area contributed by atoms with E-state index in [1.807, 2.05) is 31.2 Å². The quantitative estimate of drug-likeness (QED) is 0.909. The summed E-state index contributed by atoms with van der Waals surface area (Å²) in [5, 5.41) is 9.16. The maximum absolute atomic E-state index is 12.4. The third-order valence-corrected chi connectivity index (χ3v) is 3.87. The molecule has 0 aromatic heterocycles. The van der Waals surface area contributed by atoms with Gasteiger partial charge in [0.25, 0.3) is 0 Å². The van der Waals surface area contributed by atoms with Crippen LogP contribution in [0.25, 0.3) is 0 Å². The monoisotopic (exact) mass is 261 g/mol. The van der Waals surface area contributed by atoms with Crippen LogP contribution >= 0.6 is 0 Å². The lowest BCUT2D eigenvalue weighted by atomic mass is 9.94. The number of carbonyl (C=O) groups is 2. The molecular weight excluding hydrogens is 242 g/mol. The van der Waals surface area contributed by atoms with Crippen LogP contribution in [0.3, 0.4) is 0 Å². The molecule has 2 atom stereocenters. The van der Waals surface area contributed by atoms with Gasteiger partial charge in [0.05, 0.1) is 11.8 Å². The van der Waals surface area contributed by atoms with Gasteiger partial charge < -0.3 is 10.0 Å². The summed E-state index contributed by atoms with van der Waals surface area (Å²) in [7, 11) is 1.72. The van der Waals surface area contributed by atoms with Gasteiger partial charge in [0, 0.05) is 12.7 Å². The number of carbonyl (C=O) groups excluding carboxylic acids is 1. The second-order valence-electron chi connectivity index (χ2n) is 5.22. The van der Waals surface area contributed by atoms with Gasteiger partial charge in [-0.05, 0) is 37.5 Å². The van der Waals surface area contributed by atoms with Crippen LogP contribution in [0.15, 0.2) is 24.3 Å². The molecule has 0 saturated heterocycles. The first-order valence-corrected chi connectivity index (χ1v) is 6.57. The SMILES string of the molecule is Cc1cccc(N(C)C(=O)[C@@H]2CCC[C@@H]2C(=O)O)c1. The molecular formula is C15H19NO3. The number of rotatable bonds is 3. The van der Waals surface area contributed by atoms with Crippen molar-refractivity contribution >= 4 is 17.6 Å². The van der Waals surface area contributed by atoms with E-state index in [-0.39, 0.29) is 11.8 Å². The highest BCUT2D eigenvalue weighted by molar-refractivity contribution is 5.97. The fourth-order valence-corrected chi connectivity index (χ4v) is 2.76. The van der Waals surface area contributed by atoms with E-state index in [4.69, 9.17) is 5.11 Å². The van der Waals surface area contributed by atoms with Gasteiger partial charge in [-0.2, -0.15) is 0 Å². The van der Waals surface area contributed by atoms with Gasteiger partial charge in [0.2, 0.25) is 5.91 Å². The van der Waals surface area contributed by atoms with E-state index >= 15 is 0 Å². The largest absolute Gasteiger partial charge is 0.481 e. The molecule has 1 N–H and O–H groups in total. The molecule has 0 radical (unpaired) electrons. The van der Waals surface area contributed by atoms with E-state index in [0.717, 1.165) is 17.7 Å². The van der Waals surface area contributed by atoms with E-state index in [0.29, 0.717) is 12.8 Å². The van der Waals surface area contributed by atoms with E-state index in [2.05, 4.69) is 0 Å². The Labute approximate surface area is 113 Å². The number of nitrogens with zero attached hydrogens (tertiary/aromatic N) is 1. The van der Waals surface area contributed by atoms with Crippen molar-refractivity contribution in [3.8, 4) is 0 Å². The zero-order chi connectivity index (χ0) is 14.0. The molecule has 1 aliphatic rings. The number of aliphatic carboxylic acids is 1. The van der Waals surface area contributed by atoms with Crippen molar-refractivity contribution in [1.82, 2.24) is 0 Å². The number of carboxylic acids is 1. The predicted octanol–water partition coefficient (Wildman–Crippen LogP) is 2.46. The Morgan fingerprint density at radius 3 is 2.58 bits per heavy atom. The normalized spacial score (nSPS) is 22.2. The summed E-state index contributed by atoms with van der Waals surface area (Å²) in [6.45, 7) is 1.97. The second-order valence-corrected chi connectivity index (χ2v) is 5.22. The van der Waals surface area contributed by atoms with Gasteiger partial charge in [-0.25, -0.2) is 0 Å². The molecule has 1 aliphatic carbocycles. The lowest BCUT2D eigenvalue weighted by Gasteiger charge is -2.23. The van der Waals surface area contributed by atoms with Crippen LogP contribution in [0.4, 0.5) is 5.69 Å². The van der Waals surface area contributed by atoms with Gasteiger partial charge in [-0.3, -0.25) is 9.59 Å². The first-order valence-electron chi connectivity index (χ1n) is 6.57. The summed E-state index contributed by atoms with van der Waals surface area (Å²) < 4.78 is 0. The topological polar surface area (TPSA) is 57.6 Å². The maximum Gasteiger partial charge on any atom is 0.307 e. The van der Waals surface area contributed by atoms with E-state index in [1.54, 1.807) is 11.9 Å². The number of hydrogen-bond donors (Lipinski definition) is 1. The number of amides is 1. The van der Waals surface area contributed by atoms with Gasteiger partial charge in [-0.15, -0.1) is 0 Å². The molecule has 1 saturated carbocycles. The standard InChI is InChI=1S/C15H19NO3/c1-10-5-3-6-11(9-10)16(2)14(17)12-7-4-8-13(12)15(18)19/h3,5-6,9,12-13H,4,7-8H2,1-2H3,(H,18,19)/t12-,13+/m1/s1. The van der Waals surface area contributed by atoms with Crippen molar-refractivity contribution in [2.45, 2.75) is 26.2 Å². The molecule has 4 nitrogen and oxygen atoms in total. The molecule has 0 bridgehead atoms. The highest BCUT2D eigenvalue weighted by Gasteiger charge is 2.39. The fraction of sp³-hybridized carbons (Fsp3) is 0.467. The Hall–Kier alpha value is -1.84. The molecule has 19 heavy (non-hydrogen) atoms. The fourth-order valence-electron chi connectivity index (χ4n) is 2.76. The number of benzene rings is 1. The second kappa shape index (κ2) is 5.43. The van der Waals surface area contributed by atoms with Crippen LogP contribution in [0.2, 0.25) is 0 Å². The smallest absolute Gasteiger partial charge is 0.307 e. The first-order chi connectivity index (χ1) is 9.00. The molecule has 102 valence electrons. The summed E-state index contributed by atoms with van der Waals surface area (Å²) in [6.07, 6.45) is 2.09. The molecule has 2 rings (SSSR count). The zero-order valence-electron chi connectivity index (χ0n) is 11.3. The van der Waals surface area contributed by atoms with Crippen molar-refractivity contribution in [2.75, 3.05) is 11.9 Å². The molecule has 1 amide bonds. The minimum atomic E-state index is -0.853. The highest BCUT2D eigenvalue weighted by atomic mass is 16.4. The Morgan fingerprint density at radius 1 is 1.26 bits per heavy atom. The van der Waals surface area contributed by atoms with E-state index in [1.165, 1.54) is 0 Å². The Bertz CT molecular complexity index is 498. The third-order valence-electron chi connectivity index (χ3n) is 3.87. The van der Waals surface area contributed by atoms with Crippen molar-refractivity contribution in [3.63, 3.8) is 0 Å². The van der Waals surface area contributed by atoms with Crippen molar-refractivity contribution in [2.24, 2.45) is 11.8 Å². The predicted molar refractivity (Wildman–Crippen MR) is 73.1 cm³/mol. The molecule has 0 heterocycles. The Kier molecular flexibility index (Phi) is 3.88. The van der Waals surface area contributed by atoms with Crippen LogP contribution in [0.5, 0.6) is 0 Å². The Morgan fingerprint density at radius 2 is 1.95 bits per heavy atom. The van der Waals surface area contributed by atoms with Gasteiger partial charge >= 0.3 is 5.97 Å². The maximum atomic E-state index is 12.4. The van der Waals surface area contributed by atoms with Gasteiger partial charge in [0.1, 0.15) is 0 Å².